The summed E-state index contributed by atoms with van der Waals surface area (Å²) >= 11 is 0. The molecular weight excluding hydrogens is 877 g/mol. The smallest absolute Gasteiger partial charge is 0.306 e. The molecule has 0 aliphatic carbocycles. The van der Waals surface area contributed by atoms with Crippen LogP contribution in [0.3, 0.4) is 0 Å². The Morgan fingerprint density at radius 2 is 0.577 bits per heavy atom. The van der Waals surface area contributed by atoms with Gasteiger partial charge in [-0.25, -0.2) is 0 Å². The highest BCUT2D eigenvalue weighted by molar-refractivity contribution is 5.71. The van der Waals surface area contributed by atoms with Gasteiger partial charge >= 0.3 is 17.9 Å². The van der Waals surface area contributed by atoms with Crippen LogP contribution in [0, 0.1) is 0 Å². The van der Waals surface area contributed by atoms with Crippen molar-refractivity contribution in [2.75, 3.05) is 13.2 Å². The number of hydrogen-bond donors (Lipinski definition) is 0. The molecule has 0 unspecified atom stereocenters. The third kappa shape index (κ3) is 55.8. The molecule has 0 saturated carbocycles. The molecule has 71 heavy (non-hydrogen) atoms. The first-order valence-corrected chi connectivity index (χ1v) is 28.0. The largest absolute Gasteiger partial charge is 0.462 e. The van der Waals surface area contributed by atoms with E-state index in [1.807, 2.05) is 24.3 Å². The van der Waals surface area contributed by atoms with Gasteiger partial charge in [-0.15, -0.1) is 0 Å². The lowest BCUT2D eigenvalue weighted by Gasteiger charge is -2.18. The van der Waals surface area contributed by atoms with Crippen molar-refractivity contribution in [2.45, 2.75) is 219 Å². The van der Waals surface area contributed by atoms with E-state index in [4.69, 9.17) is 14.2 Å². The van der Waals surface area contributed by atoms with Gasteiger partial charge in [0.1, 0.15) is 13.2 Å². The molecule has 0 amide bonds. The Hall–Kier alpha value is -4.97. The molecule has 0 radical (unpaired) electrons. The highest BCUT2D eigenvalue weighted by Gasteiger charge is 2.19. The molecule has 0 aromatic heterocycles. The van der Waals surface area contributed by atoms with Crippen molar-refractivity contribution in [3.8, 4) is 0 Å². The monoisotopic (exact) mass is 977 g/mol. The van der Waals surface area contributed by atoms with Crippen LogP contribution in [0.1, 0.15) is 213 Å². The zero-order chi connectivity index (χ0) is 51.4. The van der Waals surface area contributed by atoms with Gasteiger partial charge < -0.3 is 14.2 Å². The Kier molecular flexibility index (Phi) is 53.6. The highest BCUT2D eigenvalue weighted by atomic mass is 16.6. The molecule has 0 aromatic rings. The maximum absolute atomic E-state index is 12.8. The van der Waals surface area contributed by atoms with E-state index < -0.39 is 6.10 Å². The average Bonchev–Trinajstić information content (AvgIpc) is 3.37. The van der Waals surface area contributed by atoms with E-state index in [0.29, 0.717) is 12.8 Å². The lowest BCUT2D eigenvalue weighted by molar-refractivity contribution is -0.166. The standard InChI is InChI=1S/C65H100O6/c1-4-7-10-13-16-19-22-25-28-30-32-34-37-39-42-45-48-51-54-57-63(66)69-60-62(71-65(68)59-56-53-50-47-44-41-36-27-24-21-18-15-12-9-6-3)61-70-64(67)58-55-52-49-46-43-40-38-35-33-31-29-26-23-20-17-14-11-8-5-2/h9,12,16-21,25-29,32-36,39-40,42-43,48-49,51-52,62H,4-8,10-11,13-15,22-24,30-31,37-38,41,44-47,50,53-61H2,1-3H3/b12-9-,19-16-,20-17-,21-18-,28-25-,29-26-,34-32-,35-33-,36-27-,42-39-,43-40-,51-48-,52-49-. The normalized spacial score (nSPS) is 13.0. The predicted octanol–water partition coefficient (Wildman–Crippen LogP) is 19.0. The zero-order valence-corrected chi connectivity index (χ0v) is 45.2. The van der Waals surface area contributed by atoms with Crippen LogP contribution in [0.4, 0.5) is 0 Å². The van der Waals surface area contributed by atoms with Gasteiger partial charge in [-0.2, -0.15) is 0 Å². The van der Waals surface area contributed by atoms with Gasteiger partial charge in [0, 0.05) is 19.3 Å². The van der Waals surface area contributed by atoms with Crippen LogP contribution in [-0.2, 0) is 28.6 Å². The number of rotatable bonds is 48. The fourth-order valence-electron chi connectivity index (χ4n) is 6.83. The van der Waals surface area contributed by atoms with E-state index in [1.165, 1.54) is 51.4 Å². The Bertz CT molecular complexity index is 1550. The fraction of sp³-hybridized carbons (Fsp3) is 0.554. The molecule has 0 fully saturated rings. The average molecular weight is 978 g/mol. The maximum atomic E-state index is 12.8. The first-order valence-electron chi connectivity index (χ1n) is 28.0. The zero-order valence-electron chi connectivity index (χ0n) is 45.2. The van der Waals surface area contributed by atoms with E-state index in [9.17, 15) is 14.4 Å². The topological polar surface area (TPSA) is 78.9 Å². The summed E-state index contributed by atoms with van der Waals surface area (Å²) in [5.74, 6) is -1.14. The molecule has 0 spiro atoms. The first kappa shape index (κ1) is 66.0. The van der Waals surface area contributed by atoms with Crippen molar-refractivity contribution < 1.29 is 28.6 Å². The van der Waals surface area contributed by atoms with Gasteiger partial charge in [0.05, 0.1) is 0 Å². The lowest BCUT2D eigenvalue weighted by Crippen LogP contribution is -2.30. The number of esters is 3. The van der Waals surface area contributed by atoms with Crippen molar-refractivity contribution in [1.82, 2.24) is 0 Å². The molecule has 6 heteroatoms. The van der Waals surface area contributed by atoms with E-state index in [2.05, 4.69) is 154 Å². The number of carbonyl (C=O) groups is 3. The lowest BCUT2D eigenvalue weighted by atomic mass is 10.1. The van der Waals surface area contributed by atoms with E-state index in [0.717, 1.165) is 109 Å². The minimum Gasteiger partial charge on any atom is -0.462 e. The number of hydrogen-bond acceptors (Lipinski definition) is 6. The van der Waals surface area contributed by atoms with Gasteiger partial charge in [0.25, 0.3) is 0 Å². The molecular formula is C65H100O6. The van der Waals surface area contributed by atoms with Crippen LogP contribution in [0.5, 0.6) is 0 Å². The van der Waals surface area contributed by atoms with E-state index in [-0.39, 0.29) is 50.4 Å². The van der Waals surface area contributed by atoms with Crippen LogP contribution >= 0.6 is 0 Å². The Morgan fingerprint density at radius 1 is 0.296 bits per heavy atom. The summed E-state index contributed by atoms with van der Waals surface area (Å²) in [4.78, 5) is 38.1. The highest BCUT2D eigenvalue weighted by Crippen LogP contribution is 2.11. The second-order valence-electron chi connectivity index (χ2n) is 17.7. The molecule has 0 heterocycles. The predicted molar refractivity (Wildman–Crippen MR) is 306 cm³/mol. The van der Waals surface area contributed by atoms with Crippen LogP contribution in [-0.4, -0.2) is 37.2 Å². The summed E-state index contributed by atoms with van der Waals surface area (Å²) in [6, 6.07) is 0. The third-order valence-electron chi connectivity index (χ3n) is 11.0. The number of ether oxygens (including phenoxy) is 3. The van der Waals surface area contributed by atoms with E-state index in [1.54, 1.807) is 0 Å². The van der Waals surface area contributed by atoms with Crippen LogP contribution in [0.15, 0.2) is 158 Å². The second kappa shape index (κ2) is 57.6. The number of carbonyl (C=O) groups excluding carboxylic acids is 3. The molecule has 0 aromatic carbocycles. The van der Waals surface area contributed by atoms with Gasteiger partial charge in [-0.3, -0.25) is 14.4 Å². The van der Waals surface area contributed by atoms with Crippen molar-refractivity contribution >= 4 is 17.9 Å². The van der Waals surface area contributed by atoms with Gasteiger partial charge in [-0.05, 0) is 128 Å². The minimum absolute atomic E-state index is 0.155. The molecule has 0 aliphatic rings. The van der Waals surface area contributed by atoms with Gasteiger partial charge in [0.15, 0.2) is 6.10 Å². The van der Waals surface area contributed by atoms with Crippen molar-refractivity contribution in [3.63, 3.8) is 0 Å². The summed E-state index contributed by atoms with van der Waals surface area (Å²) < 4.78 is 16.7. The molecule has 0 atom stereocenters. The van der Waals surface area contributed by atoms with Crippen LogP contribution in [0.2, 0.25) is 0 Å². The number of unbranched alkanes of at least 4 members (excludes halogenated alkanes) is 11. The number of allylic oxidation sites excluding steroid dienone is 26. The first-order chi connectivity index (χ1) is 35.0. The van der Waals surface area contributed by atoms with Gasteiger partial charge in [-0.1, -0.05) is 224 Å². The third-order valence-corrected chi connectivity index (χ3v) is 11.0. The summed E-state index contributed by atoms with van der Waals surface area (Å²) in [7, 11) is 0. The van der Waals surface area contributed by atoms with Crippen LogP contribution < -0.4 is 0 Å². The molecule has 0 aliphatic heterocycles. The summed E-state index contributed by atoms with van der Waals surface area (Å²) in [6.45, 7) is 6.30. The van der Waals surface area contributed by atoms with Crippen molar-refractivity contribution in [3.05, 3.63) is 158 Å². The fourth-order valence-corrected chi connectivity index (χ4v) is 6.83. The SMILES string of the molecule is CC/C=C\C/C=C\C/C=C\CCCCCCCC(=O)OC(COC(=O)CC/C=C\C/C=C\C/C=C\C/C=C\C/C=C\CCCCC)COC(=O)CC/C=C\C/C=C\C/C=C\C/C=C\C/C=C\CCCCC. The second-order valence-corrected chi connectivity index (χ2v) is 17.7. The molecule has 0 N–H and O–H groups in total. The summed E-state index contributed by atoms with van der Waals surface area (Å²) in [5.41, 5.74) is 0. The molecule has 6 nitrogen and oxygen atoms in total. The van der Waals surface area contributed by atoms with Crippen molar-refractivity contribution in [2.24, 2.45) is 0 Å². The Morgan fingerprint density at radius 3 is 0.915 bits per heavy atom. The quantitative estimate of drug-likeness (QED) is 0.0262. The molecule has 0 bridgehead atoms. The molecule has 0 saturated heterocycles. The van der Waals surface area contributed by atoms with Crippen LogP contribution in [0.25, 0.3) is 0 Å². The summed E-state index contributed by atoms with van der Waals surface area (Å²) in [6.07, 6.45) is 83.9. The minimum atomic E-state index is -0.856. The van der Waals surface area contributed by atoms with Crippen molar-refractivity contribution in [1.29, 1.82) is 0 Å². The summed E-state index contributed by atoms with van der Waals surface area (Å²) in [5, 5.41) is 0. The van der Waals surface area contributed by atoms with Gasteiger partial charge in [0.2, 0.25) is 0 Å². The maximum Gasteiger partial charge on any atom is 0.306 e. The molecule has 0 rings (SSSR count). The van der Waals surface area contributed by atoms with E-state index >= 15 is 0 Å². The Balaban J connectivity index is 4.66. The molecule has 396 valence electrons. The Labute approximate surface area is 435 Å².